The Hall–Kier alpha value is -1.74. The summed E-state index contributed by atoms with van der Waals surface area (Å²) >= 11 is 0. The number of ether oxygens (including phenoxy) is 2. The van der Waals surface area contributed by atoms with Crippen molar-refractivity contribution >= 4 is 29.9 Å². The molecule has 7 heteroatoms. The summed E-state index contributed by atoms with van der Waals surface area (Å²) in [6, 6.07) is 11.8. The topological polar surface area (TPSA) is 68.0 Å². The third kappa shape index (κ3) is 7.80. The largest absolute Gasteiger partial charge is 0.496 e. The van der Waals surface area contributed by atoms with Crippen molar-refractivity contribution in [3.05, 3.63) is 53.5 Å². The van der Waals surface area contributed by atoms with Crippen LogP contribution in [0.2, 0.25) is 0 Å². The van der Waals surface area contributed by atoms with Gasteiger partial charge < -0.3 is 24.5 Å². The van der Waals surface area contributed by atoms with E-state index >= 15 is 0 Å². The van der Waals surface area contributed by atoms with Crippen molar-refractivity contribution in [2.75, 3.05) is 26.8 Å². The second kappa shape index (κ2) is 12.6. The standard InChI is InChI=1S/C20H29N3O3.HI/c1-5-21-20(23-16(3)18-11-10-15(2)26-18)22-12-13-25-14-17-8-6-7-9-19(17)24-4;/h6-11,16H,5,12-14H2,1-4H3,(H2,21,22,23);1H. The zero-order valence-electron chi connectivity index (χ0n) is 16.5. The maximum Gasteiger partial charge on any atom is 0.191 e. The highest BCUT2D eigenvalue weighted by molar-refractivity contribution is 14.0. The number of benzene rings is 1. The van der Waals surface area contributed by atoms with Gasteiger partial charge in [0.25, 0.3) is 0 Å². The molecule has 0 amide bonds. The second-order valence-electron chi connectivity index (χ2n) is 5.94. The molecule has 1 aromatic carbocycles. The molecule has 0 radical (unpaired) electrons. The summed E-state index contributed by atoms with van der Waals surface area (Å²) in [5.41, 5.74) is 1.03. The summed E-state index contributed by atoms with van der Waals surface area (Å²) in [7, 11) is 1.67. The van der Waals surface area contributed by atoms with E-state index in [-0.39, 0.29) is 30.0 Å². The Morgan fingerprint density at radius 2 is 2.00 bits per heavy atom. The molecule has 0 fully saturated rings. The van der Waals surface area contributed by atoms with Crippen LogP contribution in [0.5, 0.6) is 5.75 Å². The molecule has 1 atom stereocenters. The van der Waals surface area contributed by atoms with Crippen LogP contribution in [-0.4, -0.2) is 32.8 Å². The average molecular weight is 487 g/mol. The molecule has 0 aliphatic carbocycles. The first-order chi connectivity index (χ1) is 12.6. The van der Waals surface area contributed by atoms with Crippen LogP contribution in [0.1, 0.15) is 37.0 Å². The molecule has 0 saturated heterocycles. The number of hydrogen-bond donors (Lipinski definition) is 2. The number of guanidine groups is 1. The number of hydrogen-bond acceptors (Lipinski definition) is 4. The SMILES string of the molecule is CCNC(=NCCOCc1ccccc1OC)NC(C)c1ccc(C)o1.I. The number of nitrogens with zero attached hydrogens (tertiary/aromatic N) is 1. The van der Waals surface area contributed by atoms with Crippen LogP contribution in [0.25, 0.3) is 0 Å². The quantitative estimate of drug-likeness (QED) is 0.242. The first-order valence-electron chi connectivity index (χ1n) is 8.94. The average Bonchev–Trinajstić information content (AvgIpc) is 3.08. The normalized spacial score (nSPS) is 12.2. The van der Waals surface area contributed by atoms with Gasteiger partial charge in [-0.1, -0.05) is 18.2 Å². The van der Waals surface area contributed by atoms with Gasteiger partial charge in [0.1, 0.15) is 17.3 Å². The van der Waals surface area contributed by atoms with Crippen molar-refractivity contribution in [3.8, 4) is 5.75 Å². The highest BCUT2D eigenvalue weighted by Crippen LogP contribution is 2.18. The van der Waals surface area contributed by atoms with Crippen molar-refractivity contribution < 1.29 is 13.9 Å². The first kappa shape index (κ1) is 23.3. The van der Waals surface area contributed by atoms with Crippen molar-refractivity contribution in [2.24, 2.45) is 4.99 Å². The van der Waals surface area contributed by atoms with Crippen LogP contribution < -0.4 is 15.4 Å². The number of halogens is 1. The second-order valence-corrected chi connectivity index (χ2v) is 5.94. The predicted molar refractivity (Wildman–Crippen MR) is 119 cm³/mol. The van der Waals surface area contributed by atoms with Crippen LogP contribution in [0.4, 0.5) is 0 Å². The summed E-state index contributed by atoms with van der Waals surface area (Å²) in [6.07, 6.45) is 0. The number of aliphatic imine (C=N–C) groups is 1. The molecule has 0 aliphatic heterocycles. The predicted octanol–water partition coefficient (Wildman–Crippen LogP) is 4.05. The summed E-state index contributed by atoms with van der Waals surface area (Å²) in [5, 5.41) is 6.58. The number of furan rings is 1. The van der Waals surface area contributed by atoms with E-state index in [1.165, 1.54) is 0 Å². The monoisotopic (exact) mass is 487 g/mol. The molecule has 0 spiro atoms. The highest BCUT2D eigenvalue weighted by Gasteiger charge is 2.11. The molecule has 6 nitrogen and oxygen atoms in total. The number of para-hydroxylation sites is 1. The van der Waals surface area contributed by atoms with Gasteiger partial charge in [-0.25, -0.2) is 0 Å². The van der Waals surface area contributed by atoms with Gasteiger partial charge in [-0.05, 0) is 39.0 Å². The third-order valence-corrected chi connectivity index (χ3v) is 3.84. The van der Waals surface area contributed by atoms with Crippen molar-refractivity contribution in [1.29, 1.82) is 0 Å². The van der Waals surface area contributed by atoms with Crippen LogP contribution >= 0.6 is 24.0 Å². The number of aryl methyl sites for hydroxylation is 1. The fourth-order valence-corrected chi connectivity index (χ4v) is 2.51. The Kier molecular flexibility index (Phi) is 10.9. The molecule has 150 valence electrons. The van der Waals surface area contributed by atoms with Gasteiger partial charge in [0.2, 0.25) is 0 Å². The van der Waals surface area contributed by atoms with Crippen molar-refractivity contribution in [3.63, 3.8) is 0 Å². The molecule has 1 heterocycles. The summed E-state index contributed by atoms with van der Waals surface area (Å²) in [6.45, 7) is 8.41. The zero-order chi connectivity index (χ0) is 18.8. The van der Waals surface area contributed by atoms with Gasteiger partial charge in [-0.3, -0.25) is 4.99 Å². The molecular formula is C20H30IN3O3. The van der Waals surface area contributed by atoms with Gasteiger partial charge in [-0.15, -0.1) is 24.0 Å². The fourth-order valence-electron chi connectivity index (χ4n) is 2.51. The molecule has 2 aromatic rings. The van der Waals surface area contributed by atoms with Crippen LogP contribution in [-0.2, 0) is 11.3 Å². The lowest BCUT2D eigenvalue weighted by Crippen LogP contribution is -2.38. The minimum absolute atomic E-state index is 0. The third-order valence-electron chi connectivity index (χ3n) is 3.84. The lowest BCUT2D eigenvalue weighted by molar-refractivity contribution is 0.126. The van der Waals surface area contributed by atoms with Gasteiger partial charge in [-0.2, -0.15) is 0 Å². The molecule has 27 heavy (non-hydrogen) atoms. The smallest absolute Gasteiger partial charge is 0.191 e. The molecular weight excluding hydrogens is 457 g/mol. The zero-order valence-corrected chi connectivity index (χ0v) is 18.8. The number of nitrogens with one attached hydrogen (secondary N) is 2. The van der Waals surface area contributed by atoms with E-state index in [4.69, 9.17) is 13.9 Å². The lowest BCUT2D eigenvalue weighted by atomic mass is 10.2. The van der Waals surface area contributed by atoms with Gasteiger partial charge in [0.05, 0.1) is 32.9 Å². The molecule has 0 saturated carbocycles. The van der Waals surface area contributed by atoms with Gasteiger partial charge in [0, 0.05) is 12.1 Å². The van der Waals surface area contributed by atoms with E-state index in [1.807, 2.05) is 57.2 Å². The summed E-state index contributed by atoms with van der Waals surface area (Å²) in [4.78, 5) is 4.56. The van der Waals surface area contributed by atoms with Gasteiger partial charge in [0.15, 0.2) is 5.96 Å². The Morgan fingerprint density at radius 3 is 2.67 bits per heavy atom. The van der Waals surface area contributed by atoms with E-state index in [0.29, 0.717) is 19.8 Å². The number of methoxy groups -OCH3 is 1. The molecule has 0 bridgehead atoms. The minimum atomic E-state index is 0. The van der Waals surface area contributed by atoms with Crippen molar-refractivity contribution in [2.45, 2.75) is 33.4 Å². The van der Waals surface area contributed by atoms with Crippen LogP contribution in [0, 0.1) is 6.92 Å². The Morgan fingerprint density at radius 1 is 1.22 bits per heavy atom. The first-order valence-corrected chi connectivity index (χ1v) is 8.94. The fraction of sp³-hybridized carbons (Fsp3) is 0.450. The van der Waals surface area contributed by atoms with E-state index < -0.39 is 0 Å². The number of rotatable bonds is 9. The highest BCUT2D eigenvalue weighted by atomic mass is 127. The van der Waals surface area contributed by atoms with Crippen LogP contribution in [0.15, 0.2) is 45.8 Å². The lowest BCUT2D eigenvalue weighted by Gasteiger charge is -2.16. The molecule has 2 rings (SSSR count). The Bertz CT molecular complexity index is 703. The Balaban J connectivity index is 0.00000364. The molecule has 1 aromatic heterocycles. The van der Waals surface area contributed by atoms with E-state index in [9.17, 15) is 0 Å². The Labute approximate surface area is 178 Å². The maximum atomic E-state index is 5.72. The van der Waals surface area contributed by atoms with Gasteiger partial charge >= 0.3 is 0 Å². The van der Waals surface area contributed by atoms with E-state index in [1.54, 1.807) is 7.11 Å². The summed E-state index contributed by atoms with van der Waals surface area (Å²) < 4.78 is 16.7. The van der Waals surface area contributed by atoms with Crippen molar-refractivity contribution in [1.82, 2.24) is 10.6 Å². The van der Waals surface area contributed by atoms with Crippen LogP contribution in [0.3, 0.4) is 0 Å². The molecule has 1 unspecified atom stereocenters. The minimum Gasteiger partial charge on any atom is -0.496 e. The summed E-state index contributed by atoms with van der Waals surface area (Å²) in [5.74, 6) is 3.38. The maximum absolute atomic E-state index is 5.72. The van der Waals surface area contributed by atoms with E-state index in [2.05, 4.69) is 15.6 Å². The van der Waals surface area contributed by atoms with E-state index in [0.717, 1.165) is 35.3 Å². The molecule has 0 aliphatic rings. The molecule has 2 N–H and O–H groups in total.